The van der Waals surface area contributed by atoms with Gasteiger partial charge in [-0.2, -0.15) is 0 Å². The normalized spacial score (nSPS) is 11.5. The summed E-state index contributed by atoms with van der Waals surface area (Å²) in [7, 11) is 0. The predicted octanol–water partition coefficient (Wildman–Crippen LogP) is -0.0601. The summed E-state index contributed by atoms with van der Waals surface area (Å²) in [5, 5.41) is 8.61. The zero-order chi connectivity index (χ0) is 9.68. The Balaban J connectivity index is 2.72. The van der Waals surface area contributed by atoms with Crippen LogP contribution in [0.2, 0.25) is 0 Å². The Labute approximate surface area is 77.4 Å². The standard InChI is InChI=1S/C10H12N2O/c11-9-4-1-8(2-5-9)3-6-10(12)7-13/h1-2,4-5,10,13H,7,11-12H2. The molecule has 0 saturated heterocycles. The zero-order valence-electron chi connectivity index (χ0n) is 7.20. The smallest absolute Gasteiger partial charge is 0.0902 e. The minimum atomic E-state index is -0.474. The molecule has 0 bridgehead atoms. The molecule has 3 heteroatoms. The molecule has 0 aromatic heterocycles. The van der Waals surface area contributed by atoms with Crippen LogP contribution in [0.3, 0.4) is 0 Å². The predicted molar refractivity (Wildman–Crippen MR) is 52.8 cm³/mol. The first kappa shape index (κ1) is 9.59. The van der Waals surface area contributed by atoms with Gasteiger partial charge in [0.15, 0.2) is 0 Å². The van der Waals surface area contributed by atoms with Crippen molar-refractivity contribution < 1.29 is 5.11 Å². The molecule has 68 valence electrons. The molecule has 0 fully saturated rings. The van der Waals surface area contributed by atoms with Gasteiger partial charge < -0.3 is 16.6 Å². The first-order valence-electron chi connectivity index (χ1n) is 3.96. The van der Waals surface area contributed by atoms with E-state index in [9.17, 15) is 0 Å². The van der Waals surface area contributed by atoms with Crippen molar-refractivity contribution in [2.45, 2.75) is 6.04 Å². The lowest BCUT2D eigenvalue weighted by Crippen LogP contribution is -2.21. The summed E-state index contributed by atoms with van der Waals surface area (Å²) in [5.74, 6) is 5.54. The van der Waals surface area contributed by atoms with Crippen LogP contribution in [0.25, 0.3) is 0 Å². The van der Waals surface area contributed by atoms with Gasteiger partial charge in [0.2, 0.25) is 0 Å². The maximum absolute atomic E-state index is 8.61. The summed E-state index contributed by atoms with van der Waals surface area (Å²) in [5.41, 5.74) is 12.4. The summed E-state index contributed by atoms with van der Waals surface area (Å²) in [4.78, 5) is 0. The fourth-order valence-corrected chi connectivity index (χ4v) is 0.788. The molecular formula is C10H12N2O. The van der Waals surface area contributed by atoms with Crippen LogP contribution in [0.1, 0.15) is 5.56 Å². The molecule has 0 aliphatic rings. The van der Waals surface area contributed by atoms with Crippen molar-refractivity contribution in [2.24, 2.45) is 5.73 Å². The van der Waals surface area contributed by atoms with Crippen LogP contribution in [0.15, 0.2) is 24.3 Å². The molecule has 1 aromatic rings. The highest BCUT2D eigenvalue weighted by Gasteiger charge is 1.91. The van der Waals surface area contributed by atoms with Gasteiger partial charge in [-0.1, -0.05) is 11.8 Å². The van der Waals surface area contributed by atoms with E-state index in [-0.39, 0.29) is 6.61 Å². The van der Waals surface area contributed by atoms with Gasteiger partial charge in [-0.15, -0.1) is 0 Å². The second kappa shape index (κ2) is 4.51. The van der Waals surface area contributed by atoms with Gasteiger partial charge in [0.05, 0.1) is 12.6 Å². The number of anilines is 1. The van der Waals surface area contributed by atoms with E-state index in [0.717, 1.165) is 5.56 Å². The van der Waals surface area contributed by atoms with Crippen molar-refractivity contribution >= 4 is 5.69 Å². The third kappa shape index (κ3) is 3.16. The van der Waals surface area contributed by atoms with Crippen molar-refractivity contribution in [3.8, 4) is 11.8 Å². The van der Waals surface area contributed by atoms with Crippen molar-refractivity contribution in [2.75, 3.05) is 12.3 Å². The van der Waals surface area contributed by atoms with E-state index in [2.05, 4.69) is 11.8 Å². The monoisotopic (exact) mass is 176 g/mol. The molecule has 0 heterocycles. The Morgan fingerprint density at radius 1 is 1.31 bits per heavy atom. The fraction of sp³-hybridized carbons (Fsp3) is 0.200. The molecule has 1 atom stereocenters. The number of hydrogen-bond acceptors (Lipinski definition) is 3. The SMILES string of the molecule is Nc1ccc(C#CC(N)CO)cc1. The topological polar surface area (TPSA) is 72.3 Å². The largest absolute Gasteiger partial charge is 0.399 e. The molecule has 1 unspecified atom stereocenters. The van der Waals surface area contributed by atoms with E-state index in [1.807, 2.05) is 12.1 Å². The van der Waals surface area contributed by atoms with Gasteiger partial charge in [0.25, 0.3) is 0 Å². The Kier molecular flexibility index (Phi) is 3.32. The van der Waals surface area contributed by atoms with Crippen LogP contribution in [0, 0.1) is 11.8 Å². The van der Waals surface area contributed by atoms with Gasteiger partial charge >= 0.3 is 0 Å². The van der Waals surface area contributed by atoms with Crippen LogP contribution >= 0.6 is 0 Å². The average molecular weight is 176 g/mol. The lowest BCUT2D eigenvalue weighted by molar-refractivity contribution is 0.287. The summed E-state index contributed by atoms with van der Waals surface area (Å²) >= 11 is 0. The number of aliphatic hydroxyl groups excluding tert-OH is 1. The third-order valence-corrected chi connectivity index (χ3v) is 1.51. The molecule has 3 nitrogen and oxygen atoms in total. The van der Waals surface area contributed by atoms with Crippen LogP contribution in [-0.4, -0.2) is 17.8 Å². The molecule has 0 radical (unpaired) electrons. The fourth-order valence-electron chi connectivity index (χ4n) is 0.788. The molecular weight excluding hydrogens is 164 g/mol. The lowest BCUT2D eigenvalue weighted by atomic mass is 10.2. The van der Waals surface area contributed by atoms with Gasteiger partial charge in [0, 0.05) is 11.3 Å². The van der Waals surface area contributed by atoms with E-state index >= 15 is 0 Å². The van der Waals surface area contributed by atoms with Crippen LogP contribution < -0.4 is 11.5 Å². The summed E-state index contributed by atoms with van der Waals surface area (Å²) in [6, 6.07) is 6.69. The van der Waals surface area contributed by atoms with Gasteiger partial charge in [0.1, 0.15) is 0 Å². The first-order valence-corrected chi connectivity index (χ1v) is 3.96. The Bertz CT molecular complexity index is 321. The van der Waals surface area contributed by atoms with Crippen molar-refractivity contribution in [1.29, 1.82) is 0 Å². The lowest BCUT2D eigenvalue weighted by Gasteiger charge is -1.95. The molecule has 0 spiro atoms. The molecule has 5 N–H and O–H groups in total. The summed E-state index contributed by atoms with van der Waals surface area (Å²) in [6.45, 7) is -0.123. The van der Waals surface area contributed by atoms with E-state index in [1.54, 1.807) is 12.1 Å². The molecule has 1 aromatic carbocycles. The van der Waals surface area contributed by atoms with E-state index < -0.39 is 6.04 Å². The highest BCUT2D eigenvalue weighted by atomic mass is 16.3. The minimum Gasteiger partial charge on any atom is -0.399 e. The van der Waals surface area contributed by atoms with Crippen molar-refractivity contribution in [3.05, 3.63) is 29.8 Å². The number of hydrogen-bond donors (Lipinski definition) is 3. The van der Waals surface area contributed by atoms with Gasteiger partial charge in [-0.25, -0.2) is 0 Å². The number of aliphatic hydroxyl groups is 1. The molecule has 0 aliphatic heterocycles. The Hall–Kier alpha value is -1.50. The molecule has 13 heavy (non-hydrogen) atoms. The third-order valence-electron chi connectivity index (χ3n) is 1.51. The highest BCUT2D eigenvalue weighted by molar-refractivity contribution is 5.45. The molecule has 0 amide bonds. The summed E-state index contributed by atoms with van der Waals surface area (Å²) < 4.78 is 0. The first-order chi connectivity index (χ1) is 6.22. The molecule has 0 aliphatic carbocycles. The summed E-state index contributed by atoms with van der Waals surface area (Å²) in [6.07, 6.45) is 0. The maximum atomic E-state index is 8.61. The number of benzene rings is 1. The van der Waals surface area contributed by atoms with E-state index in [0.29, 0.717) is 5.69 Å². The second-order valence-electron chi connectivity index (χ2n) is 2.68. The number of nitrogens with two attached hydrogens (primary N) is 2. The molecule has 1 rings (SSSR count). The van der Waals surface area contributed by atoms with E-state index in [1.165, 1.54) is 0 Å². The quantitative estimate of drug-likeness (QED) is 0.414. The van der Waals surface area contributed by atoms with Crippen molar-refractivity contribution in [1.82, 2.24) is 0 Å². The number of rotatable bonds is 1. The van der Waals surface area contributed by atoms with Gasteiger partial charge in [-0.3, -0.25) is 0 Å². The van der Waals surface area contributed by atoms with Crippen LogP contribution in [0.4, 0.5) is 5.69 Å². The highest BCUT2D eigenvalue weighted by Crippen LogP contribution is 2.03. The average Bonchev–Trinajstić information content (AvgIpc) is 2.16. The van der Waals surface area contributed by atoms with Crippen LogP contribution in [-0.2, 0) is 0 Å². The van der Waals surface area contributed by atoms with E-state index in [4.69, 9.17) is 16.6 Å². The van der Waals surface area contributed by atoms with Crippen molar-refractivity contribution in [3.63, 3.8) is 0 Å². The zero-order valence-corrected chi connectivity index (χ0v) is 7.20. The second-order valence-corrected chi connectivity index (χ2v) is 2.68. The number of nitrogen functional groups attached to an aromatic ring is 1. The maximum Gasteiger partial charge on any atom is 0.0902 e. The van der Waals surface area contributed by atoms with Gasteiger partial charge in [-0.05, 0) is 24.3 Å². The Morgan fingerprint density at radius 2 is 1.92 bits per heavy atom. The minimum absolute atomic E-state index is 0.123. The molecule has 0 saturated carbocycles. The van der Waals surface area contributed by atoms with Crippen LogP contribution in [0.5, 0.6) is 0 Å². The Morgan fingerprint density at radius 3 is 2.46 bits per heavy atom.